The van der Waals surface area contributed by atoms with Gasteiger partial charge in [0.25, 0.3) is 0 Å². The fourth-order valence-corrected chi connectivity index (χ4v) is 3.52. The number of para-hydroxylation sites is 1. The number of methoxy groups -OCH3 is 1. The van der Waals surface area contributed by atoms with E-state index in [2.05, 4.69) is 20.0 Å². The van der Waals surface area contributed by atoms with Crippen LogP contribution in [0.25, 0.3) is 11.0 Å². The van der Waals surface area contributed by atoms with Crippen molar-refractivity contribution < 1.29 is 14.3 Å². The van der Waals surface area contributed by atoms with Crippen molar-refractivity contribution in [1.82, 2.24) is 19.7 Å². The lowest BCUT2D eigenvalue weighted by molar-refractivity contribution is -0.141. The lowest BCUT2D eigenvalue weighted by Gasteiger charge is -2.33. The molecule has 0 N–H and O–H groups in total. The molecule has 1 fully saturated rings. The first kappa shape index (κ1) is 18.5. The molecule has 0 radical (unpaired) electrons. The Labute approximate surface area is 167 Å². The number of nitrogens with zero attached hydrogens (tertiary/aromatic N) is 5. The molecule has 0 unspecified atom stereocenters. The molecule has 8 nitrogen and oxygen atoms in total. The van der Waals surface area contributed by atoms with Gasteiger partial charge in [-0.1, -0.05) is 23.7 Å². The normalized spacial score (nSPS) is 15.0. The Morgan fingerprint density at radius 2 is 2.04 bits per heavy atom. The number of fused-ring (bicyclic) bond motifs is 1. The van der Waals surface area contributed by atoms with Crippen LogP contribution in [0, 0.1) is 0 Å². The molecule has 9 heteroatoms. The fourth-order valence-electron chi connectivity index (χ4n) is 3.34. The first-order chi connectivity index (χ1) is 13.7. The third kappa shape index (κ3) is 3.73. The minimum absolute atomic E-state index is 0.0181. The lowest BCUT2D eigenvalue weighted by atomic mass is 10.1. The number of hydrogen-bond donors (Lipinski definition) is 0. The van der Waals surface area contributed by atoms with E-state index in [0.717, 1.165) is 42.9 Å². The van der Waals surface area contributed by atoms with Crippen molar-refractivity contribution in [3.05, 3.63) is 41.8 Å². The Morgan fingerprint density at radius 1 is 1.25 bits per heavy atom. The number of esters is 1. The van der Waals surface area contributed by atoms with Crippen LogP contribution >= 0.6 is 11.6 Å². The largest absolute Gasteiger partial charge is 0.489 e. The third-order valence-corrected chi connectivity index (χ3v) is 5.10. The fraction of sp³-hybridized carbons (Fsp3) is 0.368. The molecular weight excluding hydrogens is 382 g/mol. The monoisotopic (exact) mass is 401 g/mol. The maximum atomic E-state index is 11.6. The van der Waals surface area contributed by atoms with Gasteiger partial charge in [-0.15, -0.1) is 0 Å². The van der Waals surface area contributed by atoms with Crippen molar-refractivity contribution >= 4 is 34.4 Å². The average Bonchev–Trinajstić information content (AvgIpc) is 3.13. The van der Waals surface area contributed by atoms with E-state index >= 15 is 0 Å². The van der Waals surface area contributed by atoms with Crippen molar-refractivity contribution in [3.8, 4) is 5.75 Å². The predicted molar refractivity (Wildman–Crippen MR) is 105 cm³/mol. The first-order valence-electron chi connectivity index (χ1n) is 9.05. The van der Waals surface area contributed by atoms with E-state index in [1.54, 1.807) is 6.20 Å². The summed E-state index contributed by atoms with van der Waals surface area (Å²) >= 11 is 6.19. The first-order valence-corrected chi connectivity index (χ1v) is 9.43. The van der Waals surface area contributed by atoms with Gasteiger partial charge < -0.3 is 14.4 Å². The van der Waals surface area contributed by atoms with Gasteiger partial charge in [0.05, 0.1) is 23.7 Å². The summed E-state index contributed by atoms with van der Waals surface area (Å²) in [7, 11) is 1.35. The van der Waals surface area contributed by atoms with Crippen LogP contribution in [0.15, 0.2) is 36.8 Å². The zero-order chi connectivity index (χ0) is 19.5. The summed E-state index contributed by atoms with van der Waals surface area (Å²) in [6, 6.07) is 7.52. The summed E-state index contributed by atoms with van der Waals surface area (Å²) in [5.74, 6) is 1.16. The molecule has 0 spiro atoms. The maximum absolute atomic E-state index is 11.6. The van der Waals surface area contributed by atoms with Crippen molar-refractivity contribution in [2.45, 2.75) is 25.5 Å². The average molecular weight is 402 g/mol. The van der Waals surface area contributed by atoms with Gasteiger partial charge in [-0.05, 0) is 12.1 Å². The molecule has 1 aliphatic heterocycles. The molecule has 0 aliphatic carbocycles. The van der Waals surface area contributed by atoms with Crippen molar-refractivity contribution in [2.75, 3.05) is 25.1 Å². The van der Waals surface area contributed by atoms with E-state index in [-0.39, 0.29) is 18.6 Å². The summed E-state index contributed by atoms with van der Waals surface area (Å²) in [6.07, 6.45) is 5.01. The van der Waals surface area contributed by atoms with Gasteiger partial charge in [-0.25, -0.2) is 14.6 Å². The number of hydrogen-bond acceptors (Lipinski definition) is 7. The van der Waals surface area contributed by atoms with Crippen LogP contribution in [0.1, 0.15) is 12.8 Å². The Kier molecular flexibility index (Phi) is 5.29. The Balaban J connectivity index is 1.47. The van der Waals surface area contributed by atoms with Crippen LogP contribution in [0.5, 0.6) is 5.75 Å². The number of carbonyl (C=O) groups excluding carboxylic acids is 1. The minimum atomic E-state index is -0.373. The van der Waals surface area contributed by atoms with Crippen LogP contribution in [0.2, 0.25) is 5.02 Å². The van der Waals surface area contributed by atoms with Crippen LogP contribution in [-0.2, 0) is 16.1 Å². The van der Waals surface area contributed by atoms with Gasteiger partial charge in [-0.2, -0.15) is 5.10 Å². The van der Waals surface area contributed by atoms with Gasteiger partial charge in [0.2, 0.25) is 0 Å². The summed E-state index contributed by atoms with van der Waals surface area (Å²) < 4.78 is 12.3. The molecule has 0 atom stereocenters. The van der Waals surface area contributed by atoms with Crippen molar-refractivity contribution in [3.63, 3.8) is 0 Å². The summed E-state index contributed by atoms with van der Waals surface area (Å²) in [4.78, 5) is 22.5. The summed E-state index contributed by atoms with van der Waals surface area (Å²) in [5, 5.41) is 5.71. The molecule has 1 aromatic carbocycles. The molecule has 1 saturated heterocycles. The van der Waals surface area contributed by atoms with Gasteiger partial charge in [-0.3, -0.25) is 4.79 Å². The number of aromatic nitrogens is 4. The quantitative estimate of drug-likeness (QED) is 0.608. The van der Waals surface area contributed by atoms with Gasteiger partial charge in [0, 0.05) is 25.9 Å². The predicted octanol–water partition coefficient (Wildman–Crippen LogP) is 2.70. The molecule has 2 aromatic heterocycles. The molecule has 4 rings (SSSR count). The lowest BCUT2D eigenvalue weighted by Crippen LogP contribution is -2.38. The number of benzene rings is 1. The van der Waals surface area contributed by atoms with Gasteiger partial charge in [0.15, 0.2) is 5.65 Å². The third-order valence-electron chi connectivity index (χ3n) is 4.79. The summed E-state index contributed by atoms with van der Waals surface area (Å²) in [6.45, 7) is 1.61. The highest BCUT2D eigenvalue weighted by molar-refractivity contribution is 6.32. The van der Waals surface area contributed by atoms with Crippen molar-refractivity contribution in [1.29, 1.82) is 0 Å². The zero-order valence-electron chi connectivity index (χ0n) is 15.4. The molecule has 3 aromatic rings. The molecule has 146 valence electrons. The van der Waals surface area contributed by atoms with E-state index in [4.69, 9.17) is 21.1 Å². The van der Waals surface area contributed by atoms with E-state index in [1.807, 2.05) is 24.3 Å². The highest BCUT2D eigenvalue weighted by Gasteiger charge is 2.24. The van der Waals surface area contributed by atoms with E-state index < -0.39 is 0 Å². The van der Waals surface area contributed by atoms with E-state index in [0.29, 0.717) is 10.7 Å². The number of carbonyl (C=O) groups is 1. The Morgan fingerprint density at radius 3 is 2.79 bits per heavy atom. The number of piperidine rings is 1. The smallest absolute Gasteiger partial charge is 0.327 e. The molecular formula is C19H20ClN5O3. The van der Waals surface area contributed by atoms with E-state index in [9.17, 15) is 4.79 Å². The molecule has 0 bridgehead atoms. The van der Waals surface area contributed by atoms with E-state index in [1.165, 1.54) is 18.1 Å². The van der Waals surface area contributed by atoms with Crippen molar-refractivity contribution in [2.24, 2.45) is 0 Å². The number of anilines is 1. The Hall–Kier alpha value is -2.87. The molecule has 28 heavy (non-hydrogen) atoms. The van der Waals surface area contributed by atoms with Gasteiger partial charge in [0.1, 0.15) is 30.5 Å². The zero-order valence-corrected chi connectivity index (χ0v) is 16.2. The second-order valence-corrected chi connectivity index (χ2v) is 6.95. The SMILES string of the molecule is COC(=O)Cn1ncc2c(N3CCC(Oc4ccccc4Cl)CC3)ncnc21. The topological polar surface area (TPSA) is 82.4 Å². The second kappa shape index (κ2) is 8.02. The van der Waals surface area contributed by atoms with Gasteiger partial charge >= 0.3 is 5.97 Å². The second-order valence-electron chi connectivity index (χ2n) is 6.55. The van der Waals surface area contributed by atoms with Crippen LogP contribution in [-0.4, -0.2) is 52.0 Å². The minimum Gasteiger partial charge on any atom is -0.489 e. The molecule has 0 saturated carbocycles. The maximum Gasteiger partial charge on any atom is 0.327 e. The Bertz CT molecular complexity index is 985. The highest BCUT2D eigenvalue weighted by Crippen LogP contribution is 2.29. The summed E-state index contributed by atoms with van der Waals surface area (Å²) in [5.41, 5.74) is 0.616. The standard InChI is InChI=1S/C19H20ClN5O3/c1-27-17(26)11-25-19-14(10-23-25)18(21-12-22-19)24-8-6-13(7-9-24)28-16-5-3-2-4-15(16)20/h2-5,10,12-13H,6-9,11H2,1H3. The number of ether oxygens (including phenoxy) is 2. The molecule has 3 heterocycles. The number of rotatable bonds is 5. The van der Waals surface area contributed by atoms with Crippen LogP contribution in [0.3, 0.4) is 0 Å². The molecule has 0 amide bonds. The van der Waals surface area contributed by atoms with Crippen LogP contribution < -0.4 is 9.64 Å². The molecule has 1 aliphatic rings. The number of halogens is 1. The van der Waals surface area contributed by atoms with Crippen LogP contribution in [0.4, 0.5) is 5.82 Å². The highest BCUT2D eigenvalue weighted by atomic mass is 35.5.